The second kappa shape index (κ2) is 10.2. The SMILES string of the molecule is C[C@@H](CC(=O)O)NC(=O)Cn1cc(CNC(=O)OCC2c3ccccc3-c3ccccc32)nn1. The molecule has 0 unspecified atom stereocenters. The van der Waals surface area contributed by atoms with Gasteiger partial charge in [-0.25, -0.2) is 9.48 Å². The minimum Gasteiger partial charge on any atom is -0.481 e. The Morgan fingerprint density at radius 1 is 1.09 bits per heavy atom. The van der Waals surface area contributed by atoms with Crippen LogP contribution in [0.2, 0.25) is 0 Å². The van der Waals surface area contributed by atoms with E-state index in [4.69, 9.17) is 9.84 Å². The van der Waals surface area contributed by atoms with Crippen molar-refractivity contribution in [1.29, 1.82) is 0 Å². The maximum Gasteiger partial charge on any atom is 0.407 e. The van der Waals surface area contributed by atoms with Crippen molar-refractivity contribution in [3.8, 4) is 11.1 Å². The molecule has 34 heavy (non-hydrogen) atoms. The van der Waals surface area contributed by atoms with Crippen molar-refractivity contribution >= 4 is 18.0 Å². The average molecular weight is 463 g/mol. The predicted molar refractivity (Wildman–Crippen MR) is 122 cm³/mol. The van der Waals surface area contributed by atoms with E-state index in [1.54, 1.807) is 6.92 Å². The summed E-state index contributed by atoms with van der Waals surface area (Å²) >= 11 is 0. The Kier molecular flexibility index (Phi) is 6.86. The number of aromatic nitrogens is 3. The van der Waals surface area contributed by atoms with Crippen molar-refractivity contribution in [3.05, 3.63) is 71.5 Å². The smallest absolute Gasteiger partial charge is 0.407 e. The Balaban J connectivity index is 1.26. The molecule has 0 aliphatic heterocycles. The van der Waals surface area contributed by atoms with Crippen LogP contribution >= 0.6 is 0 Å². The van der Waals surface area contributed by atoms with Gasteiger partial charge in [0.25, 0.3) is 0 Å². The molecule has 10 nitrogen and oxygen atoms in total. The number of benzene rings is 2. The van der Waals surface area contributed by atoms with Gasteiger partial charge in [0.15, 0.2) is 0 Å². The first kappa shape index (κ1) is 23.0. The Hall–Kier alpha value is -4.21. The van der Waals surface area contributed by atoms with Crippen LogP contribution in [0.25, 0.3) is 11.1 Å². The van der Waals surface area contributed by atoms with Crippen molar-refractivity contribution in [2.75, 3.05) is 6.61 Å². The average Bonchev–Trinajstić information content (AvgIpc) is 3.37. The summed E-state index contributed by atoms with van der Waals surface area (Å²) < 4.78 is 6.81. The molecule has 3 aromatic rings. The second-order valence-corrected chi connectivity index (χ2v) is 8.15. The van der Waals surface area contributed by atoms with Gasteiger partial charge < -0.3 is 20.5 Å². The third kappa shape index (κ3) is 5.40. The molecule has 10 heteroatoms. The highest BCUT2D eigenvalue weighted by atomic mass is 16.5. The molecule has 2 aromatic carbocycles. The number of rotatable bonds is 9. The van der Waals surface area contributed by atoms with Crippen LogP contribution in [0.15, 0.2) is 54.7 Å². The zero-order valence-electron chi connectivity index (χ0n) is 18.6. The van der Waals surface area contributed by atoms with Gasteiger partial charge in [0.2, 0.25) is 5.91 Å². The maximum absolute atomic E-state index is 12.3. The van der Waals surface area contributed by atoms with Crippen molar-refractivity contribution in [2.24, 2.45) is 0 Å². The van der Waals surface area contributed by atoms with Gasteiger partial charge in [-0.2, -0.15) is 0 Å². The molecule has 176 valence electrons. The summed E-state index contributed by atoms with van der Waals surface area (Å²) in [6.45, 7) is 1.80. The topological polar surface area (TPSA) is 135 Å². The number of nitrogens with one attached hydrogen (secondary N) is 2. The minimum atomic E-state index is -0.991. The second-order valence-electron chi connectivity index (χ2n) is 8.15. The molecule has 1 aliphatic rings. The number of carboxylic acid groups (broad SMARTS) is 1. The summed E-state index contributed by atoms with van der Waals surface area (Å²) in [5.74, 6) is -1.40. The van der Waals surface area contributed by atoms with Crippen molar-refractivity contribution in [3.63, 3.8) is 0 Å². The third-order valence-corrected chi connectivity index (χ3v) is 5.54. The van der Waals surface area contributed by atoms with Gasteiger partial charge in [0, 0.05) is 12.0 Å². The Bertz CT molecular complexity index is 1160. The van der Waals surface area contributed by atoms with E-state index in [1.165, 1.54) is 10.9 Å². The number of carbonyl (C=O) groups is 3. The number of hydrogen-bond acceptors (Lipinski definition) is 6. The van der Waals surface area contributed by atoms with Gasteiger partial charge >= 0.3 is 12.1 Å². The molecule has 0 spiro atoms. The van der Waals surface area contributed by atoms with Crippen LogP contribution in [0, 0.1) is 0 Å². The van der Waals surface area contributed by atoms with E-state index in [0.717, 1.165) is 22.3 Å². The lowest BCUT2D eigenvalue weighted by atomic mass is 9.98. The molecule has 4 rings (SSSR count). The van der Waals surface area contributed by atoms with Gasteiger partial charge in [-0.1, -0.05) is 53.7 Å². The number of aliphatic carboxylic acids is 1. The van der Waals surface area contributed by atoms with E-state index in [2.05, 4.69) is 45.2 Å². The molecule has 1 atom stereocenters. The van der Waals surface area contributed by atoms with E-state index in [1.807, 2.05) is 24.3 Å². The summed E-state index contributed by atoms with van der Waals surface area (Å²) in [5.41, 5.74) is 5.04. The summed E-state index contributed by atoms with van der Waals surface area (Å²) in [5, 5.41) is 21.8. The maximum atomic E-state index is 12.3. The lowest BCUT2D eigenvalue weighted by Gasteiger charge is -2.14. The minimum absolute atomic E-state index is 0.0268. The van der Waals surface area contributed by atoms with Gasteiger partial charge in [0.05, 0.1) is 19.2 Å². The fourth-order valence-electron chi connectivity index (χ4n) is 4.09. The quantitative estimate of drug-likeness (QED) is 0.443. The molecule has 0 radical (unpaired) electrons. The van der Waals surface area contributed by atoms with Crippen LogP contribution in [0.1, 0.15) is 36.1 Å². The third-order valence-electron chi connectivity index (χ3n) is 5.54. The zero-order chi connectivity index (χ0) is 24.1. The highest BCUT2D eigenvalue weighted by molar-refractivity contribution is 5.79. The Morgan fingerprint density at radius 3 is 2.38 bits per heavy atom. The molecule has 0 saturated heterocycles. The molecular formula is C24H25N5O5. The molecule has 0 fully saturated rings. The van der Waals surface area contributed by atoms with Crippen LogP contribution in [0.4, 0.5) is 4.79 Å². The van der Waals surface area contributed by atoms with E-state index in [9.17, 15) is 14.4 Å². The first-order valence-corrected chi connectivity index (χ1v) is 10.9. The van der Waals surface area contributed by atoms with Crippen molar-refractivity contribution in [1.82, 2.24) is 25.6 Å². The van der Waals surface area contributed by atoms with Crippen LogP contribution < -0.4 is 10.6 Å². The molecule has 0 saturated carbocycles. The summed E-state index contributed by atoms with van der Waals surface area (Å²) in [4.78, 5) is 35.0. The molecular weight excluding hydrogens is 438 g/mol. The van der Waals surface area contributed by atoms with Crippen molar-refractivity contribution < 1.29 is 24.2 Å². The summed E-state index contributed by atoms with van der Waals surface area (Å²) in [6.07, 6.45) is 0.792. The first-order chi connectivity index (χ1) is 16.4. The fraction of sp³-hybridized carbons (Fsp3) is 0.292. The van der Waals surface area contributed by atoms with Gasteiger partial charge in [-0.3, -0.25) is 9.59 Å². The largest absolute Gasteiger partial charge is 0.481 e. The number of carboxylic acids is 1. The number of nitrogens with zero attached hydrogens (tertiary/aromatic N) is 3. The fourth-order valence-corrected chi connectivity index (χ4v) is 4.09. The number of amides is 2. The first-order valence-electron chi connectivity index (χ1n) is 10.9. The zero-order valence-corrected chi connectivity index (χ0v) is 18.6. The molecule has 1 heterocycles. The highest BCUT2D eigenvalue weighted by Gasteiger charge is 2.29. The van der Waals surface area contributed by atoms with E-state index in [-0.39, 0.29) is 37.9 Å². The number of hydrogen-bond donors (Lipinski definition) is 3. The van der Waals surface area contributed by atoms with Crippen LogP contribution in [-0.4, -0.2) is 50.7 Å². The van der Waals surface area contributed by atoms with Gasteiger partial charge in [-0.05, 0) is 29.2 Å². The van der Waals surface area contributed by atoms with Gasteiger partial charge in [-0.15, -0.1) is 5.10 Å². The molecule has 3 N–H and O–H groups in total. The molecule has 1 aromatic heterocycles. The Morgan fingerprint density at radius 2 is 1.74 bits per heavy atom. The molecule has 2 amide bonds. The standard InChI is InChI=1S/C24H25N5O5/c1-15(10-23(31)32)26-22(30)13-29-12-16(27-28-29)11-25-24(33)34-14-21-19-8-4-2-6-17(19)18-7-3-5-9-20(18)21/h2-9,12,15,21H,10-11,13-14H2,1H3,(H,25,33)(H,26,30)(H,31,32)/t15-/m0/s1. The number of alkyl carbamates (subject to hydrolysis) is 1. The van der Waals surface area contributed by atoms with Crippen LogP contribution in [0.3, 0.4) is 0 Å². The van der Waals surface area contributed by atoms with Gasteiger partial charge in [0.1, 0.15) is 18.8 Å². The number of carbonyl (C=O) groups excluding carboxylic acids is 2. The highest BCUT2D eigenvalue weighted by Crippen LogP contribution is 2.44. The van der Waals surface area contributed by atoms with Crippen molar-refractivity contribution in [2.45, 2.75) is 38.4 Å². The monoisotopic (exact) mass is 463 g/mol. The van der Waals surface area contributed by atoms with Crippen LogP contribution in [0.5, 0.6) is 0 Å². The molecule has 0 bridgehead atoms. The van der Waals surface area contributed by atoms with E-state index in [0.29, 0.717) is 5.69 Å². The van der Waals surface area contributed by atoms with E-state index >= 15 is 0 Å². The summed E-state index contributed by atoms with van der Waals surface area (Å²) in [6, 6.07) is 15.7. The lowest BCUT2D eigenvalue weighted by molar-refractivity contribution is -0.137. The normalized spacial score (nSPS) is 13.0. The van der Waals surface area contributed by atoms with Crippen LogP contribution in [-0.2, 0) is 27.4 Å². The summed E-state index contributed by atoms with van der Waals surface area (Å²) in [7, 11) is 0. The Labute approximate surface area is 195 Å². The molecule has 1 aliphatic carbocycles. The number of ether oxygens (including phenoxy) is 1. The lowest BCUT2D eigenvalue weighted by Crippen LogP contribution is -2.36. The number of fused-ring (bicyclic) bond motifs is 3. The predicted octanol–water partition coefficient (Wildman–Crippen LogP) is 2.30. The van der Waals surface area contributed by atoms with E-state index < -0.39 is 18.1 Å².